The maximum absolute atomic E-state index is 12.7. The van der Waals surface area contributed by atoms with Crippen LogP contribution in [0.5, 0.6) is 0 Å². The Labute approximate surface area is 334 Å². The highest BCUT2D eigenvalue weighted by Crippen LogP contribution is 2.15. The minimum Gasteiger partial charge on any atom is -0.462 e. The lowest BCUT2D eigenvalue weighted by atomic mass is 10.0. The van der Waals surface area contributed by atoms with Crippen LogP contribution in [0.4, 0.5) is 0 Å². The number of hydrogen-bond donors (Lipinski definition) is 0. The standard InChI is InChI=1S/C48H88O6/c1-4-7-10-13-16-19-21-23-25-26-29-32-35-38-41-47(50)53-44-45(43-52-46(49)40-37-34-31-28-18-15-12-9-6-3)54-48(51)42-39-36-33-30-27-24-22-20-17-14-11-8-5-2/h25-26,28,31,45H,4-24,27,29-30,32-44H2,1-3H3/b26-25-,31-28-. The molecule has 0 N–H and O–H groups in total. The molecule has 0 amide bonds. The van der Waals surface area contributed by atoms with E-state index < -0.39 is 6.10 Å². The minimum atomic E-state index is -0.781. The van der Waals surface area contributed by atoms with Gasteiger partial charge < -0.3 is 14.2 Å². The van der Waals surface area contributed by atoms with Crippen LogP contribution in [-0.2, 0) is 28.6 Å². The van der Waals surface area contributed by atoms with E-state index in [1.54, 1.807) is 0 Å². The summed E-state index contributed by atoms with van der Waals surface area (Å²) in [6.45, 7) is 6.56. The summed E-state index contributed by atoms with van der Waals surface area (Å²) in [5.74, 6) is -0.930. The Morgan fingerprint density at radius 3 is 1.04 bits per heavy atom. The highest BCUT2D eigenvalue weighted by Gasteiger charge is 2.19. The summed E-state index contributed by atoms with van der Waals surface area (Å²) in [6.07, 6.45) is 47.4. The fourth-order valence-electron chi connectivity index (χ4n) is 6.62. The van der Waals surface area contributed by atoms with Crippen molar-refractivity contribution in [3.05, 3.63) is 24.3 Å². The molecule has 0 saturated heterocycles. The first-order chi connectivity index (χ1) is 26.5. The van der Waals surface area contributed by atoms with Crippen LogP contribution >= 0.6 is 0 Å². The summed E-state index contributed by atoms with van der Waals surface area (Å²) in [7, 11) is 0. The van der Waals surface area contributed by atoms with Gasteiger partial charge in [0.15, 0.2) is 6.10 Å². The molecule has 0 aromatic carbocycles. The van der Waals surface area contributed by atoms with E-state index in [1.165, 1.54) is 135 Å². The summed E-state index contributed by atoms with van der Waals surface area (Å²) in [6, 6.07) is 0. The maximum atomic E-state index is 12.7. The Kier molecular flexibility index (Phi) is 41.9. The van der Waals surface area contributed by atoms with Crippen LogP contribution in [-0.4, -0.2) is 37.2 Å². The van der Waals surface area contributed by atoms with Gasteiger partial charge in [0.1, 0.15) is 13.2 Å². The molecule has 1 unspecified atom stereocenters. The monoisotopic (exact) mass is 761 g/mol. The van der Waals surface area contributed by atoms with Gasteiger partial charge in [-0.05, 0) is 64.2 Å². The average molecular weight is 761 g/mol. The molecule has 0 aromatic heterocycles. The molecule has 0 aliphatic heterocycles. The summed E-state index contributed by atoms with van der Waals surface area (Å²) >= 11 is 0. The molecule has 6 nitrogen and oxygen atoms in total. The van der Waals surface area contributed by atoms with Gasteiger partial charge in [-0.25, -0.2) is 0 Å². The SMILES string of the molecule is CCCCCC/C=C\CCCC(=O)OCC(COC(=O)CCCCC/C=C\CCCCCCCCC)OC(=O)CCCCCCCCCCCCCCC. The molecule has 0 radical (unpaired) electrons. The normalized spacial score (nSPS) is 12.1. The largest absolute Gasteiger partial charge is 0.462 e. The molecule has 0 rings (SSSR count). The second-order valence-electron chi connectivity index (χ2n) is 15.7. The van der Waals surface area contributed by atoms with Crippen molar-refractivity contribution in [3.63, 3.8) is 0 Å². The number of esters is 3. The van der Waals surface area contributed by atoms with Gasteiger partial charge in [0.25, 0.3) is 0 Å². The first kappa shape index (κ1) is 51.9. The lowest BCUT2D eigenvalue weighted by Crippen LogP contribution is -2.30. The van der Waals surface area contributed by atoms with Crippen molar-refractivity contribution >= 4 is 17.9 Å². The van der Waals surface area contributed by atoms with Crippen molar-refractivity contribution in [2.24, 2.45) is 0 Å². The quantitative estimate of drug-likeness (QED) is 0.0267. The van der Waals surface area contributed by atoms with Gasteiger partial charge in [-0.15, -0.1) is 0 Å². The van der Waals surface area contributed by atoms with Crippen LogP contribution in [0, 0.1) is 0 Å². The second kappa shape index (κ2) is 43.6. The van der Waals surface area contributed by atoms with Crippen molar-refractivity contribution in [1.82, 2.24) is 0 Å². The van der Waals surface area contributed by atoms with Crippen molar-refractivity contribution < 1.29 is 28.6 Å². The number of unbranched alkanes of at least 4 members (excludes halogenated alkanes) is 27. The predicted molar refractivity (Wildman–Crippen MR) is 229 cm³/mol. The molecule has 0 fully saturated rings. The lowest BCUT2D eigenvalue weighted by Gasteiger charge is -2.18. The average Bonchev–Trinajstić information content (AvgIpc) is 3.17. The molecular weight excluding hydrogens is 673 g/mol. The maximum Gasteiger partial charge on any atom is 0.306 e. The molecule has 0 bridgehead atoms. The number of ether oxygens (including phenoxy) is 3. The number of carbonyl (C=O) groups excluding carboxylic acids is 3. The zero-order valence-corrected chi connectivity index (χ0v) is 36.0. The van der Waals surface area contributed by atoms with Crippen LogP contribution in [0.15, 0.2) is 24.3 Å². The Morgan fingerprint density at radius 1 is 0.352 bits per heavy atom. The van der Waals surface area contributed by atoms with E-state index in [1.807, 2.05) is 0 Å². The highest BCUT2D eigenvalue weighted by atomic mass is 16.6. The zero-order chi connectivity index (χ0) is 39.4. The third kappa shape index (κ3) is 41.1. The fraction of sp³-hybridized carbons (Fsp3) is 0.854. The van der Waals surface area contributed by atoms with E-state index in [-0.39, 0.29) is 31.1 Å². The predicted octanol–water partition coefficient (Wildman–Crippen LogP) is 14.8. The molecule has 1 atom stereocenters. The van der Waals surface area contributed by atoms with Gasteiger partial charge in [-0.1, -0.05) is 186 Å². The topological polar surface area (TPSA) is 78.9 Å². The highest BCUT2D eigenvalue weighted by molar-refractivity contribution is 5.71. The van der Waals surface area contributed by atoms with Gasteiger partial charge in [0.05, 0.1) is 0 Å². The molecule has 0 aliphatic rings. The first-order valence-corrected chi connectivity index (χ1v) is 23.3. The van der Waals surface area contributed by atoms with Crippen molar-refractivity contribution in [2.75, 3.05) is 13.2 Å². The van der Waals surface area contributed by atoms with Crippen molar-refractivity contribution in [1.29, 1.82) is 0 Å². The second-order valence-corrected chi connectivity index (χ2v) is 15.7. The fourth-order valence-corrected chi connectivity index (χ4v) is 6.62. The molecule has 54 heavy (non-hydrogen) atoms. The van der Waals surface area contributed by atoms with Crippen LogP contribution in [0.25, 0.3) is 0 Å². The van der Waals surface area contributed by atoms with Gasteiger partial charge >= 0.3 is 17.9 Å². The van der Waals surface area contributed by atoms with Crippen molar-refractivity contribution in [3.8, 4) is 0 Å². The number of hydrogen-bond acceptors (Lipinski definition) is 6. The Morgan fingerprint density at radius 2 is 0.630 bits per heavy atom. The molecule has 0 heterocycles. The molecule has 316 valence electrons. The van der Waals surface area contributed by atoms with Gasteiger partial charge in [0.2, 0.25) is 0 Å². The molecular formula is C48H88O6. The van der Waals surface area contributed by atoms with E-state index in [0.29, 0.717) is 19.3 Å². The molecule has 0 spiro atoms. The van der Waals surface area contributed by atoms with Gasteiger partial charge in [0, 0.05) is 19.3 Å². The first-order valence-electron chi connectivity index (χ1n) is 23.3. The smallest absolute Gasteiger partial charge is 0.306 e. The lowest BCUT2D eigenvalue weighted by molar-refractivity contribution is -0.167. The molecule has 6 heteroatoms. The van der Waals surface area contributed by atoms with Gasteiger partial charge in [-0.3, -0.25) is 14.4 Å². The van der Waals surface area contributed by atoms with E-state index in [4.69, 9.17) is 14.2 Å². The summed E-state index contributed by atoms with van der Waals surface area (Å²) < 4.78 is 16.7. The number of rotatable bonds is 42. The van der Waals surface area contributed by atoms with Crippen LogP contribution in [0.1, 0.15) is 245 Å². The summed E-state index contributed by atoms with van der Waals surface area (Å²) in [5, 5.41) is 0. The molecule has 0 aliphatic carbocycles. The van der Waals surface area contributed by atoms with E-state index in [9.17, 15) is 14.4 Å². The minimum absolute atomic E-state index is 0.0848. The summed E-state index contributed by atoms with van der Waals surface area (Å²) in [4.78, 5) is 37.7. The Bertz CT molecular complexity index is 880. The Hall–Kier alpha value is -2.11. The third-order valence-corrected chi connectivity index (χ3v) is 10.2. The summed E-state index contributed by atoms with van der Waals surface area (Å²) in [5.41, 5.74) is 0. The van der Waals surface area contributed by atoms with Crippen LogP contribution in [0.3, 0.4) is 0 Å². The zero-order valence-electron chi connectivity index (χ0n) is 36.0. The van der Waals surface area contributed by atoms with E-state index >= 15 is 0 Å². The number of allylic oxidation sites excluding steroid dienone is 4. The van der Waals surface area contributed by atoms with Crippen LogP contribution < -0.4 is 0 Å². The van der Waals surface area contributed by atoms with E-state index in [2.05, 4.69) is 45.1 Å². The molecule has 0 aromatic rings. The third-order valence-electron chi connectivity index (χ3n) is 10.2. The van der Waals surface area contributed by atoms with Crippen LogP contribution in [0.2, 0.25) is 0 Å². The van der Waals surface area contributed by atoms with Crippen molar-refractivity contribution in [2.45, 2.75) is 252 Å². The number of carbonyl (C=O) groups is 3. The Balaban J connectivity index is 4.37. The van der Waals surface area contributed by atoms with E-state index in [0.717, 1.165) is 70.6 Å². The molecule has 0 saturated carbocycles. The van der Waals surface area contributed by atoms with Gasteiger partial charge in [-0.2, -0.15) is 0 Å².